The van der Waals surface area contributed by atoms with Gasteiger partial charge in [0.2, 0.25) is 5.91 Å². The van der Waals surface area contributed by atoms with E-state index in [-0.39, 0.29) is 30.0 Å². The van der Waals surface area contributed by atoms with Gasteiger partial charge in [-0.15, -0.1) is 0 Å². The lowest BCUT2D eigenvalue weighted by atomic mass is 10.2. The maximum atomic E-state index is 12.7. The summed E-state index contributed by atoms with van der Waals surface area (Å²) in [6.07, 6.45) is 2.93. The van der Waals surface area contributed by atoms with Gasteiger partial charge in [0.05, 0.1) is 6.10 Å². The number of carbonyl (C=O) groups excluding carboxylic acids is 2. The highest BCUT2D eigenvalue weighted by molar-refractivity contribution is 5.92. The molecule has 1 atom stereocenters. The molecule has 1 fully saturated rings. The second-order valence-electron chi connectivity index (χ2n) is 6.16. The third-order valence-electron chi connectivity index (χ3n) is 4.04. The van der Waals surface area contributed by atoms with Gasteiger partial charge in [0.15, 0.2) is 5.69 Å². The average molecular weight is 353 g/mol. The van der Waals surface area contributed by atoms with Crippen molar-refractivity contribution in [3.05, 3.63) is 17.5 Å². The van der Waals surface area contributed by atoms with Gasteiger partial charge >= 0.3 is 0 Å². The molecule has 1 aromatic rings. The molecule has 0 unspecified atom stereocenters. The summed E-state index contributed by atoms with van der Waals surface area (Å²) >= 11 is 0. The van der Waals surface area contributed by atoms with Crippen LogP contribution >= 0.6 is 0 Å². The highest BCUT2D eigenvalue weighted by atomic mass is 16.5. The molecule has 25 heavy (non-hydrogen) atoms. The minimum Gasteiger partial charge on any atom is -0.385 e. The maximum absolute atomic E-state index is 12.7. The molecule has 0 radical (unpaired) electrons. The predicted molar refractivity (Wildman–Crippen MR) is 90.2 cm³/mol. The summed E-state index contributed by atoms with van der Waals surface area (Å²) < 4.78 is 15.6. The smallest absolute Gasteiger partial charge is 0.276 e. The fourth-order valence-electron chi connectivity index (χ4n) is 2.71. The molecule has 1 aliphatic rings. The Balaban J connectivity index is 1.87. The Bertz CT molecular complexity index is 554. The van der Waals surface area contributed by atoms with E-state index in [9.17, 15) is 9.59 Å². The number of carbonyl (C=O) groups is 2. The van der Waals surface area contributed by atoms with E-state index in [1.807, 2.05) is 0 Å². The average Bonchev–Trinajstić information content (AvgIpc) is 3.26. The van der Waals surface area contributed by atoms with Crippen molar-refractivity contribution in [1.82, 2.24) is 15.4 Å². The molecule has 8 heteroatoms. The molecule has 1 saturated heterocycles. The molecule has 1 N–H and O–H groups in total. The second-order valence-corrected chi connectivity index (χ2v) is 6.16. The van der Waals surface area contributed by atoms with E-state index in [2.05, 4.69) is 10.5 Å². The van der Waals surface area contributed by atoms with Gasteiger partial charge in [0, 0.05) is 52.4 Å². The Kier molecular flexibility index (Phi) is 7.87. The van der Waals surface area contributed by atoms with Crippen LogP contribution in [0.2, 0.25) is 0 Å². The van der Waals surface area contributed by atoms with Gasteiger partial charge in [-0.1, -0.05) is 5.16 Å². The molecule has 8 nitrogen and oxygen atoms in total. The fraction of sp³-hybridized carbons (Fsp3) is 0.706. The van der Waals surface area contributed by atoms with Crippen molar-refractivity contribution in [2.24, 2.45) is 0 Å². The van der Waals surface area contributed by atoms with Crippen LogP contribution in [0.5, 0.6) is 0 Å². The molecule has 2 rings (SSSR count). The summed E-state index contributed by atoms with van der Waals surface area (Å²) in [7, 11) is 1.63. The molecule has 1 aliphatic heterocycles. The van der Waals surface area contributed by atoms with Gasteiger partial charge in [-0.05, 0) is 26.2 Å². The number of rotatable bonds is 10. The zero-order chi connectivity index (χ0) is 18.1. The Morgan fingerprint density at radius 2 is 2.32 bits per heavy atom. The summed E-state index contributed by atoms with van der Waals surface area (Å²) in [5.41, 5.74) is 0.260. The Hall–Kier alpha value is -1.93. The first-order chi connectivity index (χ1) is 12.1. The first-order valence-corrected chi connectivity index (χ1v) is 8.70. The standard InChI is InChI=1S/C17H27N3O5/c1-13-11-15(19-25-13)17(22)20(12-14-5-3-10-24-14)8-6-16(21)18-7-4-9-23-2/h11,14H,3-10,12H2,1-2H3,(H,18,21)/t14-/m0/s1. The van der Waals surface area contributed by atoms with E-state index in [0.29, 0.717) is 32.0 Å². The van der Waals surface area contributed by atoms with Crippen molar-refractivity contribution in [3.8, 4) is 0 Å². The van der Waals surface area contributed by atoms with Crippen molar-refractivity contribution < 1.29 is 23.6 Å². The zero-order valence-corrected chi connectivity index (χ0v) is 15.0. The largest absolute Gasteiger partial charge is 0.385 e. The van der Waals surface area contributed by atoms with Gasteiger partial charge < -0.3 is 24.2 Å². The Labute approximate surface area is 147 Å². The van der Waals surface area contributed by atoms with E-state index in [1.54, 1.807) is 25.0 Å². The van der Waals surface area contributed by atoms with E-state index in [1.165, 1.54) is 0 Å². The number of nitrogens with zero attached hydrogens (tertiary/aromatic N) is 2. The van der Waals surface area contributed by atoms with Crippen molar-refractivity contribution in [2.45, 2.75) is 38.7 Å². The van der Waals surface area contributed by atoms with Crippen molar-refractivity contribution in [3.63, 3.8) is 0 Å². The maximum Gasteiger partial charge on any atom is 0.276 e. The molecule has 0 bridgehead atoms. The van der Waals surface area contributed by atoms with E-state index in [4.69, 9.17) is 14.0 Å². The number of hydrogen-bond donors (Lipinski definition) is 1. The lowest BCUT2D eigenvalue weighted by molar-refractivity contribution is -0.121. The number of ether oxygens (including phenoxy) is 2. The third kappa shape index (κ3) is 6.47. The minimum absolute atomic E-state index is 0.0155. The quantitative estimate of drug-likeness (QED) is 0.634. The van der Waals surface area contributed by atoms with Gasteiger partial charge in [0.25, 0.3) is 5.91 Å². The van der Waals surface area contributed by atoms with Crippen LogP contribution in [0.1, 0.15) is 41.9 Å². The summed E-state index contributed by atoms with van der Waals surface area (Å²) in [4.78, 5) is 26.2. The van der Waals surface area contributed by atoms with E-state index >= 15 is 0 Å². The molecule has 0 aliphatic carbocycles. The van der Waals surface area contributed by atoms with Crippen LogP contribution in [0.25, 0.3) is 0 Å². The molecule has 0 spiro atoms. The Morgan fingerprint density at radius 3 is 2.96 bits per heavy atom. The number of methoxy groups -OCH3 is 1. The predicted octanol–water partition coefficient (Wildman–Crippen LogP) is 1.15. The topological polar surface area (TPSA) is 93.9 Å². The highest BCUT2D eigenvalue weighted by Crippen LogP contribution is 2.15. The number of hydrogen-bond acceptors (Lipinski definition) is 6. The minimum atomic E-state index is -0.237. The van der Waals surface area contributed by atoms with Crippen LogP contribution < -0.4 is 5.32 Å². The number of aryl methyl sites for hydroxylation is 1. The lowest BCUT2D eigenvalue weighted by Gasteiger charge is -2.24. The SMILES string of the molecule is COCCCNC(=O)CCN(C[C@@H]1CCCO1)C(=O)c1cc(C)on1. The third-order valence-corrected chi connectivity index (χ3v) is 4.04. The number of amides is 2. The molecule has 1 aromatic heterocycles. The highest BCUT2D eigenvalue weighted by Gasteiger charge is 2.25. The van der Waals surface area contributed by atoms with E-state index in [0.717, 1.165) is 25.9 Å². The monoisotopic (exact) mass is 353 g/mol. The molecule has 140 valence electrons. The van der Waals surface area contributed by atoms with Crippen molar-refractivity contribution in [1.29, 1.82) is 0 Å². The molecule has 2 heterocycles. The van der Waals surface area contributed by atoms with Crippen LogP contribution in [0.3, 0.4) is 0 Å². The summed E-state index contributed by atoms with van der Waals surface area (Å²) in [5, 5.41) is 6.61. The molecular formula is C17H27N3O5. The van der Waals surface area contributed by atoms with Gasteiger partial charge in [-0.2, -0.15) is 0 Å². The molecule has 0 saturated carbocycles. The first-order valence-electron chi connectivity index (χ1n) is 8.70. The molecule has 0 aromatic carbocycles. The summed E-state index contributed by atoms with van der Waals surface area (Å²) in [6.45, 7) is 4.41. The number of nitrogens with one attached hydrogen (secondary N) is 1. The van der Waals surface area contributed by atoms with Crippen LogP contribution in [0, 0.1) is 6.92 Å². The molecular weight excluding hydrogens is 326 g/mol. The first kappa shape index (κ1) is 19.4. The molecule has 2 amide bonds. The second kappa shape index (κ2) is 10.1. The van der Waals surface area contributed by atoms with Gasteiger partial charge in [-0.25, -0.2) is 0 Å². The van der Waals surface area contributed by atoms with Gasteiger partial charge in [-0.3, -0.25) is 9.59 Å². The van der Waals surface area contributed by atoms with Crippen LogP contribution in [0.15, 0.2) is 10.6 Å². The van der Waals surface area contributed by atoms with Crippen molar-refractivity contribution in [2.75, 3.05) is 40.0 Å². The summed E-state index contributed by atoms with van der Waals surface area (Å²) in [6, 6.07) is 1.61. The van der Waals surface area contributed by atoms with Crippen molar-refractivity contribution >= 4 is 11.8 Å². The summed E-state index contributed by atoms with van der Waals surface area (Å²) in [5.74, 6) is 0.258. The van der Waals surface area contributed by atoms with E-state index < -0.39 is 0 Å². The lowest BCUT2D eigenvalue weighted by Crippen LogP contribution is -2.40. The zero-order valence-electron chi connectivity index (χ0n) is 15.0. The van der Waals surface area contributed by atoms with Crippen LogP contribution in [0.4, 0.5) is 0 Å². The van der Waals surface area contributed by atoms with Crippen LogP contribution in [-0.4, -0.2) is 67.9 Å². The fourth-order valence-corrected chi connectivity index (χ4v) is 2.71. The van der Waals surface area contributed by atoms with Crippen LogP contribution in [-0.2, 0) is 14.3 Å². The normalized spacial score (nSPS) is 16.8. The Morgan fingerprint density at radius 1 is 1.48 bits per heavy atom. The van der Waals surface area contributed by atoms with Gasteiger partial charge in [0.1, 0.15) is 5.76 Å². The number of aromatic nitrogens is 1.